The Bertz CT molecular complexity index is 136. The van der Waals surface area contributed by atoms with E-state index in [0.29, 0.717) is 11.7 Å². The van der Waals surface area contributed by atoms with E-state index in [1.807, 2.05) is 0 Å². The van der Waals surface area contributed by atoms with Crippen molar-refractivity contribution >= 4 is 5.78 Å². The zero-order valence-corrected chi connectivity index (χ0v) is 7.14. The van der Waals surface area contributed by atoms with Gasteiger partial charge >= 0.3 is 1.43 Å². The molecule has 64 valence electrons. The van der Waals surface area contributed by atoms with Crippen LogP contribution in [0.2, 0.25) is 0 Å². The van der Waals surface area contributed by atoms with E-state index in [1.165, 1.54) is 6.42 Å². The summed E-state index contributed by atoms with van der Waals surface area (Å²) < 4.78 is 4.97. The topological polar surface area (TPSA) is 26.3 Å². The van der Waals surface area contributed by atoms with Crippen molar-refractivity contribution in [1.82, 2.24) is 0 Å². The average Bonchev–Trinajstić information content (AvgIpc) is 2.01. The molecule has 0 aliphatic heterocycles. The molecular weight excluding hydrogens is 140 g/mol. The molecule has 0 N–H and O–H groups in total. The Hall–Kier alpha value is -0.370. The minimum absolute atomic E-state index is 0. The van der Waals surface area contributed by atoms with Gasteiger partial charge in [-0.05, 0) is 25.2 Å². The quantitative estimate of drug-likeness (QED) is 0.625. The molecule has 11 heavy (non-hydrogen) atoms. The van der Waals surface area contributed by atoms with Crippen LogP contribution in [0.3, 0.4) is 0 Å². The minimum Gasteiger partial charge on any atom is -0.385 e. The fourth-order valence-corrected chi connectivity index (χ4v) is 1.64. The van der Waals surface area contributed by atoms with Crippen LogP contribution in [0, 0.1) is 5.92 Å². The van der Waals surface area contributed by atoms with Gasteiger partial charge in [-0.25, -0.2) is 0 Å². The van der Waals surface area contributed by atoms with Crippen molar-refractivity contribution in [3.8, 4) is 0 Å². The number of hydrogen-bond acceptors (Lipinski definition) is 2. The van der Waals surface area contributed by atoms with Gasteiger partial charge in [0, 0.05) is 26.6 Å². The SMILES string of the molecule is COCCC1CCCC(=O)C1.[H+]. The largest absolute Gasteiger partial charge is 1.00 e. The molecule has 0 amide bonds. The van der Waals surface area contributed by atoms with Crippen LogP contribution in [0.15, 0.2) is 0 Å². The Kier molecular flexibility index (Phi) is 3.57. The Labute approximate surface area is 69.4 Å². The van der Waals surface area contributed by atoms with Crippen LogP contribution in [-0.4, -0.2) is 19.5 Å². The van der Waals surface area contributed by atoms with Gasteiger partial charge < -0.3 is 4.74 Å². The number of ether oxygens (including phenoxy) is 1. The highest BCUT2D eigenvalue weighted by Crippen LogP contribution is 2.23. The number of carbonyl (C=O) groups excluding carboxylic acids is 1. The van der Waals surface area contributed by atoms with Gasteiger partial charge in [-0.1, -0.05) is 0 Å². The minimum atomic E-state index is 0. The summed E-state index contributed by atoms with van der Waals surface area (Å²) in [5, 5.41) is 0. The maximum absolute atomic E-state index is 11.0. The van der Waals surface area contributed by atoms with E-state index in [9.17, 15) is 4.79 Å². The fraction of sp³-hybridized carbons (Fsp3) is 0.889. The summed E-state index contributed by atoms with van der Waals surface area (Å²) in [6, 6.07) is 0. The first-order chi connectivity index (χ1) is 5.33. The summed E-state index contributed by atoms with van der Waals surface area (Å²) in [6.45, 7) is 0.804. The summed E-state index contributed by atoms with van der Waals surface area (Å²) in [5.74, 6) is 1.05. The molecule has 1 unspecified atom stereocenters. The fourth-order valence-electron chi connectivity index (χ4n) is 1.64. The molecule has 0 bridgehead atoms. The number of methoxy groups -OCH3 is 1. The van der Waals surface area contributed by atoms with Gasteiger partial charge in [-0.3, -0.25) is 4.79 Å². The number of Topliss-reactive ketones (excluding diaryl/α,β-unsaturated/α-hetero) is 1. The lowest BCUT2D eigenvalue weighted by molar-refractivity contribution is -0.121. The Morgan fingerprint density at radius 3 is 3.18 bits per heavy atom. The highest BCUT2D eigenvalue weighted by Gasteiger charge is 2.18. The van der Waals surface area contributed by atoms with E-state index in [2.05, 4.69) is 0 Å². The van der Waals surface area contributed by atoms with E-state index in [4.69, 9.17) is 4.74 Å². The third-order valence-corrected chi connectivity index (χ3v) is 2.31. The molecule has 0 aromatic carbocycles. The van der Waals surface area contributed by atoms with Gasteiger partial charge in [0.15, 0.2) is 0 Å². The van der Waals surface area contributed by atoms with Crippen LogP contribution >= 0.6 is 0 Å². The molecule has 0 spiro atoms. The Balaban J connectivity index is 0.00000121. The number of rotatable bonds is 3. The second kappa shape index (κ2) is 4.50. The molecule has 0 aromatic rings. The molecule has 1 fully saturated rings. The van der Waals surface area contributed by atoms with Gasteiger partial charge in [0.25, 0.3) is 0 Å². The lowest BCUT2D eigenvalue weighted by atomic mass is 9.86. The summed E-state index contributed by atoms with van der Waals surface area (Å²) in [5.41, 5.74) is 0. The number of carbonyl (C=O) groups is 1. The maximum atomic E-state index is 11.0. The predicted molar refractivity (Wildman–Crippen MR) is 44.6 cm³/mol. The first-order valence-electron chi connectivity index (χ1n) is 4.33. The first-order valence-corrected chi connectivity index (χ1v) is 4.33. The molecule has 0 heterocycles. The Morgan fingerprint density at radius 2 is 2.55 bits per heavy atom. The highest BCUT2D eigenvalue weighted by molar-refractivity contribution is 5.79. The third-order valence-electron chi connectivity index (χ3n) is 2.31. The number of ketones is 1. The van der Waals surface area contributed by atoms with Crippen LogP contribution in [0.4, 0.5) is 0 Å². The second-order valence-corrected chi connectivity index (χ2v) is 3.28. The van der Waals surface area contributed by atoms with E-state index in [0.717, 1.165) is 32.3 Å². The van der Waals surface area contributed by atoms with Gasteiger partial charge in [0.05, 0.1) is 0 Å². The molecule has 0 radical (unpaired) electrons. The summed E-state index contributed by atoms with van der Waals surface area (Å²) in [7, 11) is 1.71. The lowest BCUT2D eigenvalue weighted by Crippen LogP contribution is -2.16. The van der Waals surface area contributed by atoms with Crippen LogP contribution < -0.4 is 0 Å². The normalized spacial score (nSPS) is 25.5. The molecular formula is C9H17O2+. The maximum Gasteiger partial charge on any atom is 1.00 e. The van der Waals surface area contributed by atoms with Gasteiger partial charge in [0.2, 0.25) is 0 Å². The molecule has 2 heteroatoms. The lowest BCUT2D eigenvalue weighted by Gasteiger charge is -2.19. The third kappa shape index (κ3) is 3.02. The van der Waals surface area contributed by atoms with E-state index < -0.39 is 0 Å². The molecule has 1 atom stereocenters. The van der Waals surface area contributed by atoms with Gasteiger partial charge in [0.1, 0.15) is 5.78 Å². The van der Waals surface area contributed by atoms with E-state index in [-0.39, 0.29) is 1.43 Å². The van der Waals surface area contributed by atoms with Gasteiger partial charge in [-0.15, -0.1) is 0 Å². The van der Waals surface area contributed by atoms with Crippen molar-refractivity contribution < 1.29 is 11.0 Å². The van der Waals surface area contributed by atoms with E-state index in [1.54, 1.807) is 7.11 Å². The zero-order valence-electron chi connectivity index (χ0n) is 8.14. The standard InChI is InChI=1S/C9H16O2/c1-11-6-5-8-3-2-4-9(10)7-8/h8H,2-7H2,1H3/p+1. The van der Waals surface area contributed by atoms with Crippen LogP contribution in [0.1, 0.15) is 33.5 Å². The zero-order chi connectivity index (χ0) is 8.10. The van der Waals surface area contributed by atoms with Crippen molar-refractivity contribution in [3.05, 3.63) is 0 Å². The first kappa shape index (κ1) is 8.72. The van der Waals surface area contributed by atoms with Crippen molar-refractivity contribution in [3.63, 3.8) is 0 Å². The average molecular weight is 157 g/mol. The smallest absolute Gasteiger partial charge is 0.385 e. The summed E-state index contributed by atoms with van der Waals surface area (Å²) in [4.78, 5) is 11.0. The van der Waals surface area contributed by atoms with Crippen LogP contribution in [0.25, 0.3) is 0 Å². The monoisotopic (exact) mass is 157 g/mol. The summed E-state index contributed by atoms with van der Waals surface area (Å²) in [6.07, 6.45) is 4.97. The highest BCUT2D eigenvalue weighted by atomic mass is 16.5. The van der Waals surface area contributed by atoms with E-state index >= 15 is 0 Å². The Morgan fingerprint density at radius 1 is 1.73 bits per heavy atom. The van der Waals surface area contributed by atoms with Crippen LogP contribution in [-0.2, 0) is 9.53 Å². The molecule has 0 aromatic heterocycles. The molecule has 2 nitrogen and oxygen atoms in total. The molecule has 1 saturated carbocycles. The van der Waals surface area contributed by atoms with Gasteiger partial charge in [-0.2, -0.15) is 0 Å². The predicted octanol–water partition coefficient (Wildman–Crippen LogP) is 1.89. The second-order valence-electron chi connectivity index (χ2n) is 3.28. The van der Waals surface area contributed by atoms with Crippen molar-refractivity contribution in [1.29, 1.82) is 0 Å². The van der Waals surface area contributed by atoms with Crippen LogP contribution in [0.5, 0.6) is 0 Å². The van der Waals surface area contributed by atoms with Crippen molar-refractivity contribution in [2.24, 2.45) is 5.92 Å². The van der Waals surface area contributed by atoms with Crippen molar-refractivity contribution in [2.45, 2.75) is 32.1 Å². The van der Waals surface area contributed by atoms with Crippen molar-refractivity contribution in [2.75, 3.05) is 13.7 Å². The molecule has 1 aliphatic carbocycles. The summed E-state index contributed by atoms with van der Waals surface area (Å²) >= 11 is 0. The molecule has 0 saturated heterocycles. The molecule has 1 rings (SSSR count). The number of hydrogen-bond donors (Lipinski definition) is 0. The molecule has 1 aliphatic rings.